The van der Waals surface area contributed by atoms with Crippen LogP contribution < -0.4 is 5.32 Å². The summed E-state index contributed by atoms with van der Waals surface area (Å²) in [7, 11) is 0. The molecule has 36 heavy (non-hydrogen) atoms. The summed E-state index contributed by atoms with van der Waals surface area (Å²) in [6.07, 6.45) is -2.48. The minimum atomic E-state index is -4.58. The van der Waals surface area contributed by atoms with Gasteiger partial charge in [-0.1, -0.05) is 23.2 Å². The maximum Gasteiger partial charge on any atom is 0.434 e. The Kier molecular flexibility index (Phi) is 8.29. The molecule has 0 radical (unpaired) electrons. The zero-order valence-corrected chi connectivity index (χ0v) is 20.8. The molecule has 12 heteroatoms. The molecule has 0 amide bonds. The van der Waals surface area contributed by atoms with Crippen molar-refractivity contribution in [2.75, 3.05) is 44.6 Å². The lowest BCUT2D eigenvalue weighted by Crippen LogP contribution is -2.47. The number of anilines is 1. The van der Waals surface area contributed by atoms with Crippen molar-refractivity contribution in [1.82, 2.24) is 19.8 Å². The van der Waals surface area contributed by atoms with Crippen molar-refractivity contribution < 1.29 is 23.1 Å². The van der Waals surface area contributed by atoms with Crippen LogP contribution in [0.1, 0.15) is 29.4 Å². The number of benzene rings is 1. The average molecular weight is 544 g/mol. The smallest absolute Gasteiger partial charge is 0.434 e. The Labute approximate surface area is 216 Å². The summed E-state index contributed by atoms with van der Waals surface area (Å²) in [6.45, 7) is 4.89. The number of carbonyl (C=O) groups is 1. The van der Waals surface area contributed by atoms with E-state index in [0.717, 1.165) is 43.1 Å². The van der Waals surface area contributed by atoms with Crippen molar-refractivity contribution in [3.8, 4) is 0 Å². The van der Waals surface area contributed by atoms with E-state index in [1.54, 1.807) is 0 Å². The van der Waals surface area contributed by atoms with Gasteiger partial charge in [-0.2, -0.15) is 13.2 Å². The van der Waals surface area contributed by atoms with Crippen LogP contribution in [0.4, 0.5) is 19.0 Å². The molecule has 3 N–H and O–H groups in total. The number of pyridine rings is 1. The van der Waals surface area contributed by atoms with Crippen LogP contribution >= 0.6 is 23.2 Å². The van der Waals surface area contributed by atoms with Gasteiger partial charge in [0.15, 0.2) is 5.69 Å². The fourth-order valence-corrected chi connectivity index (χ4v) is 5.12. The van der Waals surface area contributed by atoms with Crippen LogP contribution in [0, 0.1) is 0 Å². The van der Waals surface area contributed by atoms with E-state index < -0.39 is 16.9 Å². The Hall–Kier alpha value is -2.53. The molecule has 3 aromatic rings. The second-order valence-corrected chi connectivity index (χ2v) is 9.56. The number of fused-ring (bicyclic) bond motifs is 3. The van der Waals surface area contributed by atoms with E-state index in [1.807, 2.05) is 18.2 Å². The van der Waals surface area contributed by atoms with Gasteiger partial charge in [0.25, 0.3) is 6.47 Å². The van der Waals surface area contributed by atoms with Crippen LogP contribution in [0.2, 0.25) is 10.0 Å². The predicted octanol–water partition coefficient (Wildman–Crippen LogP) is 5.31. The number of rotatable bonds is 6. The molecule has 0 spiro atoms. The SMILES string of the molecule is FC(F)(F)c1nc(NCCN2CCc3c([nH]c4ccc(Cl)cc34)C2CN2CCC2)ccc1Cl.O=CO. The highest BCUT2D eigenvalue weighted by atomic mass is 35.5. The predicted molar refractivity (Wildman–Crippen MR) is 134 cm³/mol. The molecule has 7 nitrogen and oxygen atoms in total. The molecule has 5 rings (SSSR count). The number of alkyl halides is 3. The quantitative estimate of drug-likeness (QED) is 0.365. The number of H-pyrrole nitrogens is 1. The van der Waals surface area contributed by atoms with Crippen molar-refractivity contribution in [3.63, 3.8) is 0 Å². The lowest BCUT2D eigenvalue weighted by Gasteiger charge is -2.41. The molecule has 2 aromatic heterocycles. The zero-order chi connectivity index (χ0) is 25.9. The maximum absolute atomic E-state index is 13.1. The van der Waals surface area contributed by atoms with Gasteiger partial charge < -0.3 is 20.3 Å². The molecule has 194 valence electrons. The normalized spacial score (nSPS) is 18.2. The molecule has 0 saturated carbocycles. The van der Waals surface area contributed by atoms with Crippen molar-refractivity contribution in [2.24, 2.45) is 0 Å². The van der Waals surface area contributed by atoms with Crippen molar-refractivity contribution in [1.29, 1.82) is 0 Å². The molecule has 2 aliphatic heterocycles. The molecule has 1 saturated heterocycles. The summed E-state index contributed by atoms with van der Waals surface area (Å²) < 4.78 is 39.3. The summed E-state index contributed by atoms with van der Waals surface area (Å²) in [5.41, 5.74) is 2.55. The fraction of sp³-hybridized carbons (Fsp3) is 0.417. The highest BCUT2D eigenvalue weighted by molar-refractivity contribution is 6.31. The maximum atomic E-state index is 13.1. The summed E-state index contributed by atoms with van der Waals surface area (Å²) >= 11 is 11.9. The number of likely N-dealkylation sites (tertiary alicyclic amines) is 1. The molecule has 0 bridgehead atoms. The fourth-order valence-electron chi connectivity index (χ4n) is 4.74. The molecule has 0 aliphatic carbocycles. The Morgan fingerprint density at radius 3 is 2.61 bits per heavy atom. The van der Waals surface area contributed by atoms with Gasteiger partial charge >= 0.3 is 6.18 Å². The van der Waals surface area contributed by atoms with E-state index in [1.165, 1.54) is 35.2 Å². The highest BCUT2D eigenvalue weighted by Crippen LogP contribution is 2.37. The summed E-state index contributed by atoms with van der Waals surface area (Å²) in [6, 6.07) is 8.83. The second kappa shape index (κ2) is 11.2. The standard InChI is InChI=1S/C23H24Cl2F3N5.CH2O2/c24-14-2-4-18-16(12-14)15-6-10-33(19(21(15)30-18)13-32-8-1-9-32)11-7-29-20-5-3-17(25)22(31-20)23(26,27)28;2-1-3/h2-5,12,19,30H,1,6-11,13H2,(H,29,31);1H,(H,2,3). The lowest BCUT2D eigenvalue weighted by atomic mass is 9.96. The Bertz CT molecular complexity index is 1220. The van der Waals surface area contributed by atoms with E-state index >= 15 is 0 Å². The number of hydrogen-bond donors (Lipinski definition) is 3. The first-order valence-corrected chi connectivity index (χ1v) is 12.3. The van der Waals surface area contributed by atoms with Crippen LogP contribution in [-0.2, 0) is 17.4 Å². The van der Waals surface area contributed by atoms with Gasteiger partial charge in [-0.25, -0.2) is 4.98 Å². The molecular weight excluding hydrogens is 518 g/mol. The van der Waals surface area contributed by atoms with Crippen LogP contribution in [0.3, 0.4) is 0 Å². The number of halogens is 5. The van der Waals surface area contributed by atoms with Crippen molar-refractivity contribution >= 4 is 46.4 Å². The molecule has 1 aromatic carbocycles. The second-order valence-electron chi connectivity index (χ2n) is 8.72. The monoisotopic (exact) mass is 543 g/mol. The number of hydrogen-bond acceptors (Lipinski definition) is 5. The first-order valence-electron chi connectivity index (χ1n) is 11.5. The molecular formula is C24H26Cl2F3N5O2. The average Bonchev–Trinajstić information content (AvgIpc) is 3.15. The topological polar surface area (TPSA) is 84.5 Å². The van der Waals surface area contributed by atoms with E-state index in [0.29, 0.717) is 13.1 Å². The van der Waals surface area contributed by atoms with E-state index in [9.17, 15) is 13.2 Å². The summed E-state index contributed by atoms with van der Waals surface area (Å²) in [4.78, 5) is 20.5. The van der Waals surface area contributed by atoms with E-state index in [2.05, 4.69) is 25.1 Å². The van der Waals surface area contributed by atoms with Gasteiger partial charge in [-0.15, -0.1) is 0 Å². The van der Waals surface area contributed by atoms with Crippen LogP contribution in [-0.4, -0.2) is 70.6 Å². The number of carboxylic acid groups (broad SMARTS) is 1. The van der Waals surface area contributed by atoms with E-state index in [-0.39, 0.29) is 18.3 Å². The van der Waals surface area contributed by atoms with Gasteiger partial charge in [0.2, 0.25) is 0 Å². The van der Waals surface area contributed by atoms with Gasteiger partial charge in [-0.05, 0) is 61.8 Å². The minimum absolute atomic E-state index is 0.170. The Balaban J connectivity index is 0.000000967. The summed E-state index contributed by atoms with van der Waals surface area (Å²) in [5.74, 6) is 0.170. The molecule has 1 unspecified atom stereocenters. The zero-order valence-electron chi connectivity index (χ0n) is 19.3. The van der Waals surface area contributed by atoms with Gasteiger partial charge in [0, 0.05) is 47.8 Å². The van der Waals surface area contributed by atoms with Crippen LogP contribution in [0.25, 0.3) is 10.9 Å². The Morgan fingerprint density at radius 1 is 1.19 bits per heavy atom. The van der Waals surface area contributed by atoms with Gasteiger partial charge in [0.1, 0.15) is 5.82 Å². The van der Waals surface area contributed by atoms with Crippen molar-refractivity contribution in [3.05, 3.63) is 57.3 Å². The van der Waals surface area contributed by atoms with Crippen molar-refractivity contribution in [2.45, 2.75) is 25.1 Å². The van der Waals surface area contributed by atoms with Crippen LogP contribution in [0.5, 0.6) is 0 Å². The van der Waals surface area contributed by atoms with Gasteiger partial charge in [0.05, 0.1) is 11.1 Å². The number of nitrogens with zero attached hydrogens (tertiary/aromatic N) is 3. The largest absolute Gasteiger partial charge is 0.483 e. The first-order chi connectivity index (χ1) is 17.2. The molecule has 1 fully saturated rings. The van der Waals surface area contributed by atoms with Crippen LogP contribution in [0.15, 0.2) is 30.3 Å². The van der Waals surface area contributed by atoms with E-state index in [4.69, 9.17) is 33.1 Å². The molecule has 2 aliphatic rings. The third-order valence-electron chi connectivity index (χ3n) is 6.52. The minimum Gasteiger partial charge on any atom is -0.483 e. The third-order valence-corrected chi connectivity index (χ3v) is 7.06. The first kappa shape index (κ1) is 26.5. The summed E-state index contributed by atoms with van der Waals surface area (Å²) in [5, 5.41) is 11.4. The Morgan fingerprint density at radius 2 is 1.94 bits per heavy atom. The number of aromatic nitrogens is 2. The third kappa shape index (κ3) is 5.88. The lowest BCUT2D eigenvalue weighted by molar-refractivity contribution is -0.141. The van der Waals surface area contributed by atoms with Gasteiger partial charge in [-0.3, -0.25) is 9.69 Å². The highest BCUT2D eigenvalue weighted by Gasteiger charge is 2.36. The number of aromatic amines is 1. The number of nitrogens with one attached hydrogen (secondary N) is 2. The molecule has 4 heterocycles. The molecule has 1 atom stereocenters.